The lowest BCUT2D eigenvalue weighted by Gasteiger charge is -2.35. The number of carbonyl (C=O) groups excluding carboxylic acids is 2. The van der Waals surface area contributed by atoms with Crippen LogP contribution in [0.5, 0.6) is 0 Å². The van der Waals surface area contributed by atoms with Crippen LogP contribution in [0.1, 0.15) is 44.3 Å². The number of piperidine rings is 1. The first-order valence-corrected chi connectivity index (χ1v) is 12.3. The van der Waals surface area contributed by atoms with Crippen LogP contribution in [0, 0.1) is 5.92 Å². The van der Waals surface area contributed by atoms with Crippen molar-refractivity contribution in [1.29, 1.82) is 0 Å². The Morgan fingerprint density at radius 1 is 1.12 bits per heavy atom. The molecule has 0 spiro atoms. The highest BCUT2D eigenvalue weighted by molar-refractivity contribution is 5.97. The van der Waals surface area contributed by atoms with Crippen molar-refractivity contribution < 1.29 is 14.3 Å². The summed E-state index contributed by atoms with van der Waals surface area (Å²) in [5.74, 6) is 1.10. The molecule has 2 aromatic rings. The number of Topliss-reactive ketones (excluding diaryl/α,β-unsaturated/α-hetero) is 1. The smallest absolute Gasteiger partial charge is 0.240 e. The quantitative estimate of drug-likeness (QED) is 0.706. The molecule has 1 N–H and O–H groups in total. The summed E-state index contributed by atoms with van der Waals surface area (Å²) in [6.07, 6.45) is 7.24. The number of nitrogens with zero attached hydrogens (tertiary/aromatic N) is 3. The summed E-state index contributed by atoms with van der Waals surface area (Å²) in [5, 5.41) is 0. The van der Waals surface area contributed by atoms with Gasteiger partial charge in [-0.2, -0.15) is 0 Å². The van der Waals surface area contributed by atoms with E-state index in [1.807, 2.05) is 4.90 Å². The molecule has 1 aromatic carbocycles. The molecule has 2 atom stereocenters. The van der Waals surface area contributed by atoms with E-state index in [1.54, 1.807) is 25.3 Å². The van der Waals surface area contributed by atoms with E-state index in [1.165, 1.54) is 6.07 Å². The average molecular weight is 465 g/mol. The summed E-state index contributed by atoms with van der Waals surface area (Å²) in [5.41, 5.74) is 1.95. The molecule has 1 aromatic heterocycles. The number of ether oxygens (including phenoxy) is 1. The van der Waals surface area contributed by atoms with Gasteiger partial charge in [-0.15, -0.1) is 0 Å². The zero-order valence-corrected chi connectivity index (χ0v) is 19.7. The SMILES string of the molecule is COC1CC=C(C(=O)C2CCN([C@H]3CCN(Cc4nc5ccccc(=O)c5[nH]4)C3=O)CC2)CC1. The van der Waals surface area contributed by atoms with Gasteiger partial charge in [0.05, 0.1) is 24.2 Å². The summed E-state index contributed by atoms with van der Waals surface area (Å²) in [6, 6.07) is 6.67. The average Bonchev–Trinajstić information content (AvgIpc) is 3.39. The van der Waals surface area contributed by atoms with Crippen LogP contribution in [0.2, 0.25) is 0 Å². The van der Waals surface area contributed by atoms with Gasteiger partial charge in [-0.25, -0.2) is 4.98 Å². The summed E-state index contributed by atoms with van der Waals surface area (Å²) in [6.45, 7) is 2.59. The van der Waals surface area contributed by atoms with E-state index in [9.17, 15) is 14.4 Å². The number of imidazole rings is 1. The Kier molecular flexibility index (Phi) is 6.61. The summed E-state index contributed by atoms with van der Waals surface area (Å²) >= 11 is 0. The van der Waals surface area contributed by atoms with Gasteiger partial charge in [-0.3, -0.25) is 19.3 Å². The fourth-order valence-electron chi connectivity index (χ4n) is 5.58. The van der Waals surface area contributed by atoms with Crippen LogP contribution in [0.3, 0.4) is 0 Å². The first-order chi connectivity index (χ1) is 16.5. The van der Waals surface area contributed by atoms with E-state index in [4.69, 9.17) is 4.74 Å². The minimum Gasteiger partial charge on any atom is -0.381 e. The minimum atomic E-state index is -0.135. The molecule has 2 saturated heterocycles. The number of aromatic nitrogens is 2. The maximum atomic E-state index is 13.2. The highest BCUT2D eigenvalue weighted by Crippen LogP contribution is 2.30. The zero-order chi connectivity index (χ0) is 23.7. The lowest BCUT2D eigenvalue weighted by molar-refractivity contribution is -0.133. The molecule has 1 aliphatic carbocycles. The third kappa shape index (κ3) is 4.57. The normalized spacial score (nSPS) is 24.6. The Morgan fingerprint density at radius 2 is 1.91 bits per heavy atom. The molecule has 1 unspecified atom stereocenters. The van der Waals surface area contributed by atoms with E-state index in [0.29, 0.717) is 35.7 Å². The highest BCUT2D eigenvalue weighted by Gasteiger charge is 2.39. The fourth-order valence-corrected chi connectivity index (χ4v) is 5.58. The molecule has 0 saturated carbocycles. The lowest BCUT2D eigenvalue weighted by Crippen LogP contribution is -2.46. The third-order valence-corrected chi connectivity index (χ3v) is 7.60. The Labute approximate surface area is 199 Å². The first-order valence-electron chi connectivity index (χ1n) is 12.3. The van der Waals surface area contributed by atoms with Crippen LogP contribution < -0.4 is 5.43 Å². The number of ketones is 1. The largest absolute Gasteiger partial charge is 0.381 e. The molecule has 180 valence electrons. The van der Waals surface area contributed by atoms with Gasteiger partial charge < -0.3 is 14.6 Å². The predicted molar refractivity (Wildman–Crippen MR) is 128 cm³/mol. The van der Waals surface area contributed by atoms with Crippen molar-refractivity contribution in [1.82, 2.24) is 19.8 Å². The summed E-state index contributed by atoms with van der Waals surface area (Å²) in [7, 11) is 1.73. The van der Waals surface area contributed by atoms with Crippen molar-refractivity contribution in [3.63, 3.8) is 0 Å². The molecule has 1 amide bonds. The Bertz CT molecular complexity index is 1160. The molecule has 8 heteroatoms. The van der Waals surface area contributed by atoms with Crippen LogP contribution in [-0.2, 0) is 20.9 Å². The van der Waals surface area contributed by atoms with Crippen LogP contribution in [-0.4, -0.2) is 70.3 Å². The number of allylic oxidation sites excluding steroid dienone is 1. The molecule has 3 heterocycles. The number of fused-ring (bicyclic) bond motifs is 1. The maximum absolute atomic E-state index is 13.2. The van der Waals surface area contributed by atoms with Crippen LogP contribution >= 0.6 is 0 Å². The second kappa shape index (κ2) is 9.80. The fraction of sp³-hybridized carbons (Fsp3) is 0.538. The molecule has 3 aliphatic rings. The number of hydrogen-bond donors (Lipinski definition) is 1. The Morgan fingerprint density at radius 3 is 2.65 bits per heavy atom. The van der Waals surface area contributed by atoms with E-state index in [2.05, 4.69) is 20.9 Å². The van der Waals surface area contributed by atoms with Crippen molar-refractivity contribution >= 4 is 22.7 Å². The first kappa shape index (κ1) is 22.9. The summed E-state index contributed by atoms with van der Waals surface area (Å²) < 4.78 is 5.40. The van der Waals surface area contributed by atoms with E-state index < -0.39 is 0 Å². The second-order valence-electron chi connectivity index (χ2n) is 9.63. The number of nitrogens with one attached hydrogen (secondary N) is 1. The van der Waals surface area contributed by atoms with E-state index in [-0.39, 0.29) is 29.4 Å². The maximum Gasteiger partial charge on any atom is 0.240 e. The molecule has 0 bridgehead atoms. The standard InChI is InChI=1S/C26H32N4O4/c1-34-19-8-6-17(7-9-19)25(32)18-10-13-29(14-11-18)21-12-15-30(26(21)33)16-23-27-20-4-2-3-5-22(31)24(20)28-23/h2-6,18-19,21H,7-16H2,1H3,(H,27,28)/t19?,21-/m0/s1. The molecule has 2 aliphatic heterocycles. The van der Waals surface area contributed by atoms with Gasteiger partial charge >= 0.3 is 0 Å². The van der Waals surface area contributed by atoms with Gasteiger partial charge in [0, 0.05) is 19.6 Å². The molecule has 2 fully saturated rings. The minimum absolute atomic E-state index is 0.0624. The van der Waals surface area contributed by atoms with Gasteiger partial charge in [-0.1, -0.05) is 18.2 Å². The predicted octanol–water partition coefficient (Wildman–Crippen LogP) is 2.43. The molecular formula is C26H32N4O4. The number of likely N-dealkylation sites (tertiary alicyclic amines) is 2. The summed E-state index contributed by atoms with van der Waals surface area (Å²) in [4.78, 5) is 50.0. The van der Waals surface area contributed by atoms with Gasteiger partial charge in [0.2, 0.25) is 11.3 Å². The number of amides is 1. The van der Waals surface area contributed by atoms with Gasteiger partial charge in [-0.05, 0) is 69.3 Å². The number of H-pyrrole nitrogens is 1. The van der Waals surface area contributed by atoms with E-state index >= 15 is 0 Å². The van der Waals surface area contributed by atoms with Gasteiger partial charge in [0.15, 0.2) is 5.78 Å². The molecular weight excluding hydrogens is 432 g/mol. The van der Waals surface area contributed by atoms with Crippen molar-refractivity contribution in [2.45, 2.75) is 57.2 Å². The highest BCUT2D eigenvalue weighted by atomic mass is 16.5. The number of rotatable bonds is 6. The van der Waals surface area contributed by atoms with Crippen LogP contribution in [0.15, 0.2) is 40.7 Å². The molecule has 5 rings (SSSR count). The number of hydrogen-bond acceptors (Lipinski definition) is 6. The second-order valence-corrected chi connectivity index (χ2v) is 9.63. The van der Waals surface area contributed by atoms with E-state index in [0.717, 1.165) is 57.2 Å². The van der Waals surface area contributed by atoms with Crippen molar-refractivity contribution in [2.24, 2.45) is 5.92 Å². The zero-order valence-electron chi connectivity index (χ0n) is 19.7. The Hall–Kier alpha value is -2.84. The Balaban J connectivity index is 1.17. The molecule has 0 radical (unpaired) electrons. The van der Waals surface area contributed by atoms with Crippen LogP contribution in [0.25, 0.3) is 11.0 Å². The number of carbonyl (C=O) groups is 2. The van der Waals surface area contributed by atoms with Crippen molar-refractivity contribution in [2.75, 3.05) is 26.7 Å². The van der Waals surface area contributed by atoms with Gasteiger partial charge in [0.1, 0.15) is 11.3 Å². The lowest BCUT2D eigenvalue weighted by atomic mass is 9.84. The monoisotopic (exact) mass is 464 g/mol. The van der Waals surface area contributed by atoms with Crippen LogP contribution in [0.4, 0.5) is 0 Å². The van der Waals surface area contributed by atoms with Crippen molar-refractivity contribution in [3.05, 3.63) is 52.0 Å². The number of methoxy groups -OCH3 is 1. The third-order valence-electron chi connectivity index (χ3n) is 7.60. The molecule has 34 heavy (non-hydrogen) atoms. The molecule has 8 nitrogen and oxygen atoms in total. The number of aromatic amines is 1. The topological polar surface area (TPSA) is 95.6 Å². The van der Waals surface area contributed by atoms with Crippen molar-refractivity contribution in [3.8, 4) is 0 Å². The van der Waals surface area contributed by atoms with Gasteiger partial charge in [0.25, 0.3) is 0 Å².